The molecule has 0 aromatic rings. The molecule has 1 atom stereocenters. The number of nitrogens with two attached hydrogens (primary N) is 1. The average molecular weight is 259 g/mol. The molecule has 0 radical (unpaired) electrons. The maximum Gasteiger partial charge on any atom is 0.374 e. The highest BCUT2D eigenvalue weighted by Gasteiger charge is 2.16. The maximum absolute atomic E-state index is 11.2. The van der Waals surface area contributed by atoms with Crippen LogP contribution >= 0.6 is 0 Å². The van der Waals surface area contributed by atoms with E-state index in [9.17, 15) is 4.79 Å². The van der Waals surface area contributed by atoms with Crippen LogP contribution in [0.15, 0.2) is 12.4 Å². The molecule has 0 amide bonds. The summed E-state index contributed by atoms with van der Waals surface area (Å²) in [7, 11) is -0.670. The molecule has 0 bridgehead atoms. The fourth-order valence-electron chi connectivity index (χ4n) is 1.25. The van der Waals surface area contributed by atoms with Gasteiger partial charge in [-0.3, -0.25) is 4.79 Å². The summed E-state index contributed by atoms with van der Waals surface area (Å²) in [4.78, 5) is 11.2. The molecule has 0 aromatic carbocycles. The second-order valence-electron chi connectivity index (χ2n) is 3.92. The first-order valence-electron chi connectivity index (χ1n) is 6.08. The molecular weight excluding hydrogens is 233 g/mol. The Kier molecular flexibility index (Phi) is 13.3. The van der Waals surface area contributed by atoms with Crippen molar-refractivity contribution in [2.75, 3.05) is 13.2 Å². The third kappa shape index (κ3) is 15.0. The topological polar surface area (TPSA) is 108 Å². The molecule has 0 saturated carbocycles. The van der Waals surface area contributed by atoms with E-state index in [0.29, 0.717) is 18.8 Å². The molecule has 6 nitrogen and oxygen atoms in total. The van der Waals surface area contributed by atoms with E-state index in [1.165, 1.54) is 6.92 Å². The molecule has 0 fully saturated rings. The number of Topliss-reactive ketones (excluding diaryl/α,β-unsaturated/α-hetero) is 1. The lowest BCUT2D eigenvalue weighted by Crippen LogP contribution is -2.44. The molecule has 0 heterocycles. The van der Waals surface area contributed by atoms with Crippen molar-refractivity contribution in [3.8, 4) is 0 Å². The summed E-state index contributed by atoms with van der Waals surface area (Å²) < 4.78 is 0. The average Bonchev–Trinajstić information content (AvgIpc) is 2.22. The molecule has 0 aliphatic carbocycles. The first-order chi connectivity index (χ1) is 8.34. The Morgan fingerprint density at radius 3 is 2.39 bits per heavy atom. The second-order valence-corrected chi connectivity index (χ2v) is 3.92. The minimum atomic E-state index is -0.670. The summed E-state index contributed by atoms with van der Waals surface area (Å²) in [5, 5.41) is 22.3. The van der Waals surface area contributed by atoms with Crippen molar-refractivity contribution in [3.05, 3.63) is 12.4 Å². The highest BCUT2D eigenvalue weighted by atomic mass is 16.2. The molecule has 18 heavy (non-hydrogen) atoms. The van der Waals surface area contributed by atoms with E-state index in [1.54, 1.807) is 13.7 Å². The maximum atomic E-state index is 11.2. The summed E-state index contributed by atoms with van der Waals surface area (Å²) >= 11 is 0. The van der Waals surface area contributed by atoms with Crippen molar-refractivity contribution >= 4 is 12.8 Å². The zero-order valence-corrected chi connectivity index (χ0v) is 11.6. The van der Waals surface area contributed by atoms with Crippen molar-refractivity contribution in [1.82, 2.24) is 10.5 Å². The van der Waals surface area contributed by atoms with Gasteiger partial charge in [-0.1, -0.05) is 6.58 Å². The third-order valence-corrected chi connectivity index (χ3v) is 1.95. The monoisotopic (exact) mass is 259 g/mol. The van der Waals surface area contributed by atoms with Gasteiger partial charge in [0.2, 0.25) is 0 Å². The zero-order chi connectivity index (χ0) is 14.6. The van der Waals surface area contributed by atoms with Crippen molar-refractivity contribution in [1.29, 1.82) is 0 Å². The predicted octanol–water partition coefficient (Wildman–Crippen LogP) is -0.558. The smallest absolute Gasteiger partial charge is 0.374 e. The number of aliphatic hydroxyl groups excluding tert-OH is 1. The van der Waals surface area contributed by atoms with Gasteiger partial charge in [-0.25, -0.2) is 0 Å². The first-order valence-corrected chi connectivity index (χ1v) is 6.08. The van der Waals surface area contributed by atoms with Crippen LogP contribution in [0.3, 0.4) is 0 Å². The van der Waals surface area contributed by atoms with Gasteiger partial charge in [0.1, 0.15) is 5.78 Å². The molecule has 106 valence electrons. The second kappa shape index (κ2) is 12.4. The summed E-state index contributed by atoms with van der Waals surface area (Å²) in [6.45, 7) is 9.21. The zero-order valence-electron chi connectivity index (χ0n) is 11.6. The van der Waals surface area contributed by atoms with Gasteiger partial charge in [0, 0.05) is 13.2 Å². The van der Waals surface area contributed by atoms with E-state index >= 15 is 0 Å². The van der Waals surface area contributed by atoms with Crippen LogP contribution in [-0.2, 0) is 4.79 Å². The lowest BCUT2D eigenvalue weighted by Gasteiger charge is -2.16. The quantitative estimate of drug-likeness (QED) is 0.295. The van der Waals surface area contributed by atoms with E-state index in [0.717, 1.165) is 6.42 Å². The van der Waals surface area contributed by atoms with Crippen molar-refractivity contribution < 1.29 is 14.9 Å². The molecule has 0 aromatic heterocycles. The van der Waals surface area contributed by atoms with E-state index in [-0.39, 0.29) is 18.4 Å². The van der Waals surface area contributed by atoms with Gasteiger partial charge in [-0.15, -0.1) is 0 Å². The summed E-state index contributed by atoms with van der Waals surface area (Å²) in [5.41, 5.74) is 5.32. The Morgan fingerprint density at radius 1 is 1.56 bits per heavy atom. The van der Waals surface area contributed by atoms with Gasteiger partial charge in [0.05, 0.1) is 11.9 Å². The van der Waals surface area contributed by atoms with Crippen LogP contribution in [0.1, 0.15) is 26.7 Å². The normalized spacial score (nSPS) is 10.9. The number of carbonyl (C=O) groups is 1. The lowest BCUT2D eigenvalue weighted by molar-refractivity contribution is -0.118. The number of hydrogen-bond donors (Lipinski definition) is 5. The number of ketones is 1. The number of carbonyl (C=O) groups excluding carboxylic acids is 1. The molecule has 6 N–H and O–H groups in total. The van der Waals surface area contributed by atoms with Crippen LogP contribution in [0, 0.1) is 0 Å². The summed E-state index contributed by atoms with van der Waals surface area (Å²) in [5.74, 6) is 0.459. The number of rotatable bonds is 8. The Bertz CT molecular complexity index is 238. The lowest BCUT2D eigenvalue weighted by atomic mass is 9.86. The van der Waals surface area contributed by atoms with E-state index < -0.39 is 7.05 Å². The Labute approximate surface area is 110 Å². The van der Waals surface area contributed by atoms with Gasteiger partial charge >= 0.3 is 7.05 Å². The first kappa shape index (κ1) is 19.3. The Morgan fingerprint density at radius 2 is 2.06 bits per heavy atom. The Hall–Kier alpha value is -1.05. The van der Waals surface area contributed by atoms with Crippen LogP contribution in [0.5, 0.6) is 0 Å². The standard InChI is InChI=1S/C9H20BN3O2.C2H6O/c1-7(14)9(13-10(3)15)5-4-6-12-8(2)11;1-2-3/h9,12-13,15H,2,4-6,11H2,1,3H3;3H,2H2,1H3/t9-;/m0./s1. The van der Waals surface area contributed by atoms with Gasteiger partial charge in [-0.2, -0.15) is 0 Å². The highest BCUT2D eigenvalue weighted by molar-refractivity contribution is 6.46. The molecule has 0 spiro atoms. The van der Waals surface area contributed by atoms with Crippen molar-refractivity contribution in [3.63, 3.8) is 0 Å². The van der Waals surface area contributed by atoms with E-state index in [1.807, 2.05) is 0 Å². The summed E-state index contributed by atoms with van der Waals surface area (Å²) in [6.07, 6.45) is 1.46. The van der Waals surface area contributed by atoms with Crippen LogP contribution in [0.25, 0.3) is 0 Å². The molecule has 0 unspecified atom stereocenters. The van der Waals surface area contributed by atoms with Crippen molar-refractivity contribution in [2.45, 2.75) is 39.6 Å². The number of aliphatic hydroxyl groups is 1. The largest absolute Gasteiger partial charge is 0.437 e. The predicted molar refractivity (Wildman–Crippen MR) is 74.8 cm³/mol. The minimum Gasteiger partial charge on any atom is -0.437 e. The molecule has 7 heteroatoms. The Balaban J connectivity index is 0. The van der Waals surface area contributed by atoms with E-state index in [4.69, 9.17) is 15.9 Å². The van der Waals surface area contributed by atoms with E-state index in [2.05, 4.69) is 17.1 Å². The highest BCUT2D eigenvalue weighted by Crippen LogP contribution is 1.98. The fourth-order valence-corrected chi connectivity index (χ4v) is 1.25. The van der Waals surface area contributed by atoms with Crippen LogP contribution in [0.4, 0.5) is 0 Å². The summed E-state index contributed by atoms with van der Waals surface area (Å²) in [6, 6.07) is -0.294. The molecule has 0 rings (SSSR count). The molecular formula is C11H26BN3O3. The van der Waals surface area contributed by atoms with Crippen LogP contribution in [0.2, 0.25) is 6.82 Å². The minimum absolute atomic E-state index is 0.0301. The van der Waals surface area contributed by atoms with Crippen molar-refractivity contribution in [2.24, 2.45) is 5.73 Å². The van der Waals surface area contributed by atoms with Gasteiger partial charge in [0.25, 0.3) is 0 Å². The van der Waals surface area contributed by atoms with Gasteiger partial charge < -0.3 is 26.4 Å². The fraction of sp³-hybridized carbons (Fsp3) is 0.727. The molecule has 0 aliphatic rings. The molecule has 0 saturated heterocycles. The van der Waals surface area contributed by atoms with Crippen LogP contribution in [-0.4, -0.2) is 42.2 Å². The third-order valence-electron chi connectivity index (χ3n) is 1.95. The van der Waals surface area contributed by atoms with Gasteiger partial charge in [0.15, 0.2) is 0 Å². The van der Waals surface area contributed by atoms with Crippen LogP contribution < -0.4 is 16.3 Å². The number of hydrogen-bond acceptors (Lipinski definition) is 6. The number of nitrogens with one attached hydrogen (secondary N) is 2. The van der Waals surface area contributed by atoms with Gasteiger partial charge in [-0.05, 0) is 33.5 Å². The SMILES string of the molecule is C=C(N)NCCC[C@H](NB(C)O)C(C)=O.CCO. The molecule has 0 aliphatic heterocycles.